The zero-order valence-electron chi connectivity index (χ0n) is 36.2. The van der Waals surface area contributed by atoms with E-state index in [1.807, 2.05) is 0 Å². The molecule has 4 nitrogen and oxygen atoms in total. The average Bonchev–Trinajstić information content (AvgIpc) is 3.99. The van der Waals surface area contributed by atoms with Crippen molar-refractivity contribution in [2.45, 2.75) is 12.5 Å². The SMILES string of the molecule is C1=CCC(N(c2ccccc2)c2ccc(-c3oc4c(ccc5c4ccc4c(-c6ccccc6)c(-c6ccc(N(c7ccccc7)c7ccccc7)cc6)oc45)c3-c3ccccc3)cc2)C=C1. The first-order chi connectivity index (χ1) is 32.8. The lowest BCUT2D eigenvalue weighted by Crippen LogP contribution is -2.29. The van der Waals surface area contributed by atoms with Crippen LogP contribution in [0, 0.1) is 0 Å². The van der Waals surface area contributed by atoms with Gasteiger partial charge in [0.15, 0.2) is 0 Å². The molecule has 2 aromatic heterocycles. The summed E-state index contributed by atoms with van der Waals surface area (Å²) in [5.41, 5.74) is 13.6. The van der Waals surface area contributed by atoms with E-state index < -0.39 is 0 Å². The maximum Gasteiger partial charge on any atom is 0.143 e. The molecule has 0 bridgehead atoms. The van der Waals surface area contributed by atoms with Crippen LogP contribution < -0.4 is 9.80 Å². The summed E-state index contributed by atoms with van der Waals surface area (Å²) >= 11 is 0. The summed E-state index contributed by atoms with van der Waals surface area (Å²) in [5, 5.41) is 4.12. The van der Waals surface area contributed by atoms with Crippen molar-refractivity contribution >= 4 is 61.1 Å². The topological polar surface area (TPSA) is 32.8 Å². The second-order valence-electron chi connectivity index (χ2n) is 16.7. The third-order valence-electron chi connectivity index (χ3n) is 12.8. The molecular formula is C62H44N2O2. The zero-order chi connectivity index (χ0) is 43.8. The van der Waals surface area contributed by atoms with Gasteiger partial charge in [0.25, 0.3) is 0 Å². The molecule has 0 N–H and O–H groups in total. The molecule has 11 aromatic rings. The number of benzene rings is 9. The van der Waals surface area contributed by atoms with E-state index in [0.29, 0.717) is 0 Å². The van der Waals surface area contributed by atoms with Crippen molar-refractivity contribution in [3.05, 3.63) is 249 Å². The molecule has 12 rings (SSSR count). The van der Waals surface area contributed by atoms with Crippen molar-refractivity contribution in [2.24, 2.45) is 0 Å². The van der Waals surface area contributed by atoms with Gasteiger partial charge >= 0.3 is 0 Å². The highest BCUT2D eigenvalue weighted by molar-refractivity contribution is 6.20. The van der Waals surface area contributed by atoms with Gasteiger partial charge in [0.2, 0.25) is 0 Å². The van der Waals surface area contributed by atoms with Crippen LogP contribution in [0.2, 0.25) is 0 Å². The Morgan fingerprint density at radius 2 is 0.712 bits per heavy atom. The Morgan fingerprint density at radius 3 is 1.15 bits per heavy atom. The van der Waals surface area contributed by atoms with Crippen molar-refractivity contribution in [3.8, 4) is 44.9 Å². The Balaban J connectivity index is 0.994. The van der Waals surface area contributed by atoms with E-state index >= 15 is 0 Å². The number of nitrogens with zero attached hydrogens (tertiary/aromatic N) is 2. The number of rotatable bonds is 10. The summed E-state index contributed by atoms with van der Waals surface area (Å²) in [7, 11) is 0. The molecule has 0 amide bonds. The fourth-order valence-electron chi connectivity index (χ4n) is 9.72. The van der Waals surface area contributed by atoms with E-state index in [1.165, 1.54) is 0 Å². The fourth-order valence-corrected chi connectivity index (χ4v) is 9.72. The minimum absolute atomic E-state index is 0.214. The molecule has 4 heteroatoms. The predicted molar refractivity (Wildman–Crippen MR) is 275 cm³/mol. The smallest absolute Gasteiger partial charge is 0.143 e. The van der Waals surface area contributed by atoms with Crippen LogP contribution in [0.5, 0.6) is 0 Å². The van der Waals surface area contributed by atoms with Crippen molar-refractivity contribution < 1.29 is 8.83 Å². The second kappa shape index (κ2) is 16.8. The van der Waals surface area contributed by atoms with Crippen LogP contribution in [0.15, 0.2) is 258 Å². The van der Waals surface area contributed by atoms with Gasteiger partial charge in [-0.1, -0.05) is 140 Å². The van der Waals surface area contributed by atoms with Crippen LogP contribution in [-0.4, -0.2) is 6.04 Å². The molecule has 1 atom stereocenters. The van der Waals surface area contributed by atoms with Gasteiger partial charge in [-0.25, -0.2) is 0 Å². The van der Waals surface area contributed by atoms with Crippen LogP contribution in [0.4, 0.5) is 28.4 Å². The Labute approximate surface area is 384 Å². The van der Waals surface area contributed by atoms with Crippen LogP contribution in [0.1, 0.15) is 6.42 Å². The fraction of sp³-hybridized carbons (Fsp3) is 0.0323. The van der Waals surface area contributed by atoms with Crippen LogP contribution in [0.25, 0.3) is 77.6 Å². The molecule has 314 valence electrons. The van der Waals surface area contributed by atoms with Crippen LogP contribution >= 0.6 is 0 Å². The lowest BCUT2D eigenvalue weighted by Gasteiger charge is -2.32. The minimum Gasteiger partial charge on any atom is -0.455 e. The Kier molecular flexibility index (Phi) is 9.95. The number of hydrogen-bond donors (Lipinski definition) is 0. The molecule has 0 saturated heterocycles. The number of allylic oxidation sites excluding steroid dienone is 2. The van der Waals surface area contributed by atoms with Crippen molar-refractivity contribution in [1.29, 1.82) is 0 Å². The summed E-state index contributed by atoms with van der Waals surface area (Å²) in [6.07, 6.45) is 9.73. The van der Waals surface area contributed by atoms with E-state index in [9.17, 15) is 0 Å². The lowest BCUT2D eigenvalue weighted by molar-refractivity contribution is 0.633. The average molecular weight is 849 g/mol. The molecule has 1 unspecified atom stereocenters. The maximum atomic E-state index is 7.14. The van der Waals surface area contributed by atoms with Gasteiger partial charge in [0.1, 0.15) is 22.7 Å². The third-order valence-corrected chi connectivity index (χ3v) is 12.8. The van der Waals surface area contributed by atoms with Gasteiger partial charge in [0, 0.05) is 72.2 Å². The maximum absolute atomic E-state index is 7.14. The molecule has 0 radical (unpaired) electrons. The van der Waals surface area contributed by atoms with Crippen LogP contribution in [0.3, 0.4) is 0 Å². The van der Waals surface area contributed by atoms with Crippen LogP contribution in [-0.2, 0) is 0 Å². The molecule has 0 saturated carbocycles. The van der Waals surface area contributed by atoms with Crippen molar-refractivity contribution in [1.82, 2.24) is 0 Å². The number of para-hydroxylation sites is 3. The summed E-state index contributed by atoms with van der Waals surface area (Å²) < 4.78 is 14.3. The molecule has 0 spiro atoms. The molecule has 9 aromatic carbocycles. The van der Waals surface area contributed by atoms with Gasteiger partial charge in [0.05, 0.1) is 6.04 Å². The lowest BCUT2D eigenvalue weighted by atomic mass is 9.95. The summed E-state index contributed by atoms with van der Waals surface area (Å²) in [5.74, 6) is 1.67. The van der Waals surface area contributed by atoms with E-state index in [2.05, 4.69) is 259 Å². The minimum atomic E-state index is 0.214. The van der Waals surface area contributed by atoms with Crippen molar-refractivity contribution in [3.63, 3.8) is 0 Å². The molecule has 2 heterocycles. The zero-order valence-corrected chi connectivity index (χ0v) is 36.2. The van der Waals surface area contributed by atoms with Gasteiger partial charge < -0.3 is 18.6 Å². The molecule has 0 aliphatic heterocycles. The Hall–Kier alpha value is -8.60. The Morgan fingerprint density at radius 1 is 0.333 bits per heavy atom. The van der Waals surface area contributed by atoms with E-state index in [4.69, 9.17) is 8.83 Å². The Bertz CT molecular complexity index is 3480. The highest BCUT2D eigenvalue weighted by Gasteiger charge is 2.25. The van der Waals surface area contributed by atoms with Gasteiger partial charge in [-0.3, -0.25) is 0 Å². The highest BCUT2D eigenvalue weighted by Crippen LogP contribution is 2.48. The number of furan rings is 2. The first-order valence-electron chi connectivity index (χ1n) is 22.6. The van der Waals surface area contributed by atoms with E-state index in [1.54, 1.807) is 0 Å². The molecule has 1 aliphatic carbocycles. The quantitative estimate of drug-likeness (QED) is 0.137. The second-order valence-corrected chi connectivity index (χ2v) is 16.7. The largest absolute Gasteiger partial charge is 0.455 e. The van der Waals surface area contributed by atoms with Gasteiger partial charge in [-0.05, 0) is 127 Å². The van der Waals surface area contributed by atoms with Gasteiger partial charge in [-0.15, -0.1) is 0 Å². The highest BCUT2D eigenvalue weighted by atomic mass is 16.3. The first-order valence-corrected chi connectivity index (χ1v) is 22.6. The number of hydrogen-bond acceptors (Lipinski definition) is 4. The summed E-state index contributed by atoms with van der Waals surface area (Å²) in [6, 6.07) is 79.4. The van der Waals surface area contributed by atoms with E-state index in [-0.39, 0.29) is 6.04 Å². The third kappa shape index (κ3) is 6.97. The standard InChI is InChI=1S/C62H44N2O2/c1-7-19-43(20-8-1)57-55-41-39-54-53(61(55)65-59(57)45-31-35-51(36-32-45)63(47-23-11-3-12-24-47)48-25-13-4-14-26-48)40-42-56-58(44-21-9-2-10-22-44)60(66-62(54)56)46-33-37-52(38-34-46)64(49-27-15-5-16-28-49)50-29-17-6-18-30-50/h1-29,31-42,50H,30H2. The summed E-state index contributed by atoms with van der Waals surface area (Å²) in [6.45, 7) is 0. The molecule has 1 aliphatic rings. The normalized spacial score (nSPS) is 13.4. The first kappa shape index (κ1) is 39.0. The summed E-state index contributed by atoms with van der Waals surface area (Å²) in [4.78, 5) is 4.69. The predicted octanol–water partition coefficient (Wildman–Crippen LogP) is 17.5. The number of fused-ring (bicyclic) bond motifs is 5. The molecule has 66 heavy (non-hydrogen) atoms. The monoisotopic (exact) mass is 848 g/mol. The van der Waals surface area contributed by atoms with Gasteiger partial charge in [-0.2, -0.15) is 0 Å². The van der Waals surface area contributed by atoms with E-state index in [0.717, 1.165) is 112 Å². The molecular weight excluding hydrogens is 805 g/mol. The number of anilines is 5. The van der Waals surface area contributed by atoms with Crippen molar-refractivity contribution in [2.75, 3.05) is 9.80 Å². The molecule has 0 fully saturated rings.